The summed E-state index contributed by atoms with van der Waals surface area (Å²) in [5, 5.41) is 1.31. The van der Waals surface area contributed by atoms with Gasteiger partial charge in [0.25, 0.3) is 0 Å². The van der Waals surface area contributed by atoms with Gasteiger partial charge in [-0.3, -0.25) is 9.69 Å². The van der Waals surface area contributed by atoms with Gasteiger partial charge >= 0.3 is 11.9 Å². The summed E-state index contributed by atoms with van der Waals surface area (Å²) in [6.07, 6.45) is 4.76. The Morgan fingerprint density at radius 1 is 1.00 bits per heavy atom. The van der Waals surface area contributed by atoms with Crippen LogP contribution in [0.1, 0.15) is 53.3 Å². The first-order valence-electron chi connectivity index (χ1n) is 13.4. The van der Waals surface area contributed by atoms with E-state index in [2.05, 4.69) is 34.1 Å². The fourth-order valence-electron chi connectivity index (χ4n) is 7.07. The molecule has 0 spiro atoms. The third kappa shape index (κ3) is 4.11. The van der Waals surface area contributed by atoms with E-state index < -0.39 is 11.9 Å². The van der Waals surface area contributed by atoms with Gasteiger partial charge in [-0.2, -0.15) is 0 Å². The third-order valence-corrected chi connectivity index (χ3v) is 8.84. The van der Waals surface area contributed by atoms with Crippen molar-refractivity contribution in [2.45, 2.75) is 38.1 Å². The van der Waals surface area contributed by atoms with Crippen LogP contribution in [-0.4, -0.2) is 56.2 Å². The second kappa shape index (κ2) is 9.98. The first-order valence-corrected chi connectivity index (χ1v) is 13.4. The number of hydrogen-bond acceptors (Lipinski definition) is 7. The molecular formula is C30H34N2O6. The summed E-state index contributed by atoms with van der Waals surface area (Å²) in [6.45, 7) is 2.02. The molecule has 8 nitrogen and oxygen atoms in total. The van der Waals surface area contributed by atoms with Crippen molar-refractivity contribution in [1.29, 1.82) is 0 Å². The van der Waals surface area contributed by atoms with Crippen molar-refractivity contribution in [2.75, 3.05) is 34.4 Å². The Bertz CT molecular complexity index is 1360. The molecule has 0 amide bonds. The summed E-state index contributed by atoms with van der Waals surface area (Å²) in [7, 11) is 4.46. The molecule has 6 rings (SSSR count). The summed E-state index contributed by atoms with van der Waals surface area (Å²) >= 11 is 0. The van der Waals surface area contributed by atoms with Crippen molar-refractivity contribution in [1.82, 2.24) is 9.88 Å². The molecule has 1 aliphatic carbocycles. The van der Waals surface area contributed by atoms with Gasteiger partial charge in [-0.15, -0.1) is 0 Å². The van der Waals surface area contributed by atoms with E-state index in [1.54, 1.807) is 0 Å². The molecule has 3 heterocycles. The van der Waals surface area contributed by atoms with E-state index in [0.29, 0.717) is 23.2 Å². The summed E-state index contributed by atoms with van der Waals surface area (Å²) < 4.78 is 21.6. The van der Waals surface area contributed by atoms with Crippen molar-refractivity contribution >= 4 is 22.8 Å². The molecule has 1 saturated heterocycles. The number of aromatic nitrogens is 1. The molecule has 8 heteroatoms. The van der Waals surface area contributed by atoms with Gasteiger partial charge in [0.1, 0.15) is 0 Å². The molecule has 3 aromatic rings. The van der Waals surface area contributed by atoms with Gasteiger partial charge in [-0.05, 0) is 61.3 Å². The van der Waals surface area contributed by atoms with Crippen molar-refractivity contribution < 1.29 is 28.5 Å². The fourth-order valence-corrected chi connectivity index (χ4v) is 7.07. The van der Waals surface area contributed by atoms with E-state index >= 15 is 0 Å². The Morgan fingerprint density at radius 3 is 2.50 bits per heavy atom. The normalized spacial score (nSPS) is 24.6. The second-order valence-corrected chi connectivity index (χ2v) is 10.6. The molecule has 0 bridgehead atoms. The number of esters is 2. The molecule has 3 aliphatic rings. The van der Waals surface area contributed by atoms with Gasteiger partial charge in [0.05, 0.1) is 38.9 Å². The quantitative estimate of drug-likeness (QED) is 0.379. The molecule has 3 unspecified atom stereocenters. The minimum absolute atomic E-state index is 0.183. The number of rotatable bonds is 5. The highest BCUT2D eigenvalue weighted by atomic mass is 16.6. The number of methoxy groups -OCH3 is 3. The fraction of sp³-hybridized carbons (Fsp3) is 0.467. The van der Waals surface area contributed by atoms with Crippen LogP contribution < -0.4 is 14.2 Å². The monoisotopic (exact) mass is 518 g/mol. The molecule has 38 heavy (non-hydrogen) atoms. The molecule has 1 saturated carbocycles. The highest BCUT2D eigenvalue weighted by Gasteiger charge is 2.47. The van der Waals surface area contributed by atoms with Crippen molar-refractivity contribution in [2.24, 2.45) is 17.8 Å². The van der Waals surface area contributed by atoms with Crippen molar-refractivity contribution in [3.05, 3.63) is 53.2 Å². The van der Waals surface area contributed by atoms with Crippen LogP contribution in [0.2, 0.25) is 0 Å². The number of ether oxygens (including phenoxy) is 4. The topological polar surface area (TPSA) is 90.1 Å². The molecule has 2 aliphatic heterocycles. The van der Waals surface area contributed by atoms with Crippen molar-refractivity contribution in [3.8, 4) is 17.2 Å². The van der Waals surface area contributed by atoms with Crippen LogP contribution in [0.5, 0.6) is 17.2 Å². The minimum atomic E-state index is -0.704. The number of piperidine rings is 1. The van der Waals surface area contributed by atoms with E-state index in [4.69, 9.17) is 18.9 Å². The second-order valence-electron chi connectivity index (χ2n) is 10.6. The lowest BCUT2D eigenvalue weighted by Crippen LogP contribution is -2.50. The van der Waals surface area contributed by atoms with E-state index in [-0.39, 0.29) is 23.4 Å². The van der Waals surface area contributed by atoms with Crippen LogP contribution in [0.25, 0.3) is 10.9 Å². The summed E-state index contributed by atoms with van der Waals surface area (Å²) in [5.41, 5.74) is 4.07. The molecular weight excluding hydrogens is 484 g/mol. The first-order chi connectivity index (χ1) is 18.5. The highest BCUT2D eigenvalue weighted by molar-refractivity contribution is 5.98. The average molecular weight is 519 g/mol. The Labute approximate surface area is 222 Å². The maximum atomic E-state index is 13.5. The Kier molecular flexibility index (Phi) is 6.51. The zero-order valence-electron chi connectivity index (χ0n) is 22.1. The minimum Gasteiger partial charge on any atom is -0.493 e. The number of nitrogens with zero attached hydrogens (tertiary/aromatic N) is 1. The van der Waals surface area contributed by atoms with Gasteiger partial charge in [-0.1, -0.05) is 24.6 Å². The zero-order valence-corrected chi connectivity index (χ0v) is 22.1. The van der Waals surface area contributed by atoms with Gasteiger partial charge < -0.3 is 23.9 Å². The predicted molar refractivity (Wildman–Crippen MR) is 142 cm³/mol. The first kappa shape index (κ1) is 24.8. The number of carbonyl (C=O) groups excluding carboxylic acids is 2. The van der Waals surface area contributed by atoms with E-state index in [1.807, 2.05) is 0 Å². The van der Waals surface area contributed by atoms with Crippen LogP contribution >= 0.6 is 0 Å². The predicted octanol–water partition coefficient (Wildman–Crippen LogP) is 4.91. The summed E-state index contributed by atoms with van der Waals surface area (Å²) in [4.78, 5) is 32.8. The third-order valence-electron chi connectivity index (χ3n) is 8.84. The lowest BCUT2D eigenvalue weighted by molar-refractivity contribution is -0.149. The van der Waals surface area contributed by atoms with Gasteiger partial charge in [0, 0.05) is 29.7 Å². The Morgan fingerprint density at radius 2 is 1.76 bits per heavy atom. The molecule has 1 N–H and O–H groups in total. The lowest BCUT2D eigenvalue weighted by atomic mass is 9.66. The maximum absolute atomic E-state index is 13.5. The van der Waals surface area contributed by atoms with Crippen LogP contribution in [0, 0.1) is 17.8 Å². The van der Waals surface area contributed by atoms with Gasteiger partial charge in [0.2, 0.25) is 5.75 Å². The summed E-state index contributed by atoms with van der Waals surface area (Å²) in [5.74, 6) is 0.233. The molecule has 2 aromatic carbocycles. The molecule has 1 aromatic heterocycles. The molecule has 200 valence electrons. The Hall–Kier alpha value is -3.52. The van der Waals surface area contributed by atoms with E-state index in [1.165, 1.54) is 55.6 Å². The standard InChI is InChI=1S/C30H34N2O6/c1-35-25-13-18(14-26(36-2)28(25)37-3)29(33)38-30(34)21-9-6-7-17-16-32-12-11-20-19-8-4-5-10-23(19)31-27(20)24(32)15-22(17)21/h4-5,8,10,13-14,17,21-22,24,31H,6-7,9,11-12,15-16H2,1-3H3/t17?,21-,22?,24?/m1/s1. The number of H-pyrrole nitrogens is 1. The van der Waals surface area contributed by atoms with Crippen LogP contribution in [-0.2, 0) is 16.0 Å². The highest BCUT2D eigenvalue weighted by Crippen LogP contribution is 2.49. The molecule has 4 atom stereocenters. The molecule has 2 fully saturated rings. The number of benzene rings is 2. The largest absolute Gasteiger partial charge is 0.493 e. The Balaban J connectivity index is 1.23. The SMILES string of the molecule is COc1cc(C(=O)OC(=O)[C@@H]2CCCC3CN4CCc5c([nH]c6ccccc56)C4CC32)cc(OC)c1OC. The number of nitrogens with one attached hydrogen (secondary N) is 1. The zero-order chi connectivity index (χ0) is 26.4. The average Bonchev–Trinajstić information content (AvgIpc) is 3.34. The number of aromatic amines is 1. The van der Waals surface area contributed by atoms with Crippen LogP contribution in [0.15, 0.2) is 36.4 Å². The number of para-hydroxylation sites is 1. The number of carbonyl (C=O) groups is 2. The summed E-state index contributed by atoms with van der Waals surface area (Å²) in [6, 6.07) is 11.8. The number of hydrogen-bond donors (Lipinski definition) is 1. The maximum Gasteiger partial charge on any atom is 0.346 e. The molecule has 0 radical (unpaired) electrons. The smallest absolute Gasteiger partial charge is 0.346 e. The lowest BCUT2D eigenvalue weighted by Gasteiger charge is -2.49. The van der Waals surface area contributed by atoms with Crippen LogP contribution in [0.4, 0.5) is 0 Å². The van der Waals surface area contributed by atoms with Gasteiger partial charge in [-0.25, -0.2) is 4.79 Å². The van der Waals surface area contributed by atoms with Crippen LogP contribution in [0.3, 0.4) is 0 Å². The van der Waals surface area contributed by atoms with Gasteiger partial charge in [0.15, 0.2) is 11.5 Å². The van der Waals surface area contributed by atoms with E-state index in [0.717, 1.165) is 45.2 Å². The number of fused-ring (bicyclic) bond motifs is 6. The van der Waals surface area contributed by atoms with Crippen molar-refractivity contribution in [3.63, 3.8) is 0 Å². The van der Waals surface area contributed by atoms with E-state index in [9.17, 15) is 9.59 Å².